The fraction of sp³-hybridized carbons (Fsp3) is 0.500. The molecule has 0 spiro atoms. The Kier molecular flexibility index (Phi) is 7.31. The summed E-state index contributed by atoms with van der Waals surface area (Å²) in [6.07, 6.45) is 4.43. The number of rotatable bonds is 4. The predicted molar refractivity (Wildman–Crippen MR) is 126 cm³/mol. The van der Waals surface area contributed by atoms with E-state index in [-0.39, 0.29) is 24.3 Å². The van der Waals surface area contributed by atoms with E-state index < -0.39 is 0 Å². The Balaban J connectivity index is 1.26. The number of carbonyl (C=O) groups is 1. The second-order valence-electron chi connectivity index (χ2n) is 8.87. The highest BCUT2D eigenvalue weighted by atomic mass is 35.5. The number of aromatic nitrogens is 2. The fourth-order valence-corrected chi connectivity index (χ4v) is 4.56. The number of amides is 1. The molecule has 2 fully saturated rings. The summed E-state index contributed by atoms with van der Waals surface area (Å²) in [6, 6.07) is 9.99. The van der Waals surface area contributed by atoms with Gasteiger partial charge in [-0.3, -0.25) is 4.90 Å². The van der Waals surface area contributed by atoms with E-state index in [2.05, 4.69) is 31.9 Å². The zero-order chi connectivity index (χ0) is 23.4. The van der Waals surface area contributed by atoms with E-state index in [9.17, 15) is 4.79 Å². The molecule has 0 radical (unpaired) electrons. The van der Waals surface area contributed by atoms with Crippen LogP contribution >= 0.6 is 11.6 Å². The zero-order valence-corrected chi connectivity index (χ0v) is 19.8. The molecule has 2 saturated heterocycles. The van der Waals surface area contributed by atoms with Gasteiger partial charge in [-0.05, 0) is 44.4 Å². The van der Waals surface area contributed by atoms with Gasteiger partial charge in [-0.2, -0.15) is 5.26 Å². The highest BCUT2D eigenvalue weighted by molar-refractivity contribution is 6.30. The number of benzene rings is 1. The number of hydrogen-bond acceptors (Lipinski definition) is 7. The number of carbonyl (C=O) groups excluding carboxylic acids is 1. The molecule has 0 unspecified atom stereocenters. The summed E-state index contributed by atoms with van der Waals surface area (Å²) in [7, 11) is 0. The van der Waals surface area contributed by atoms with Crippen LogP contribution in [0.3, 0.4) is 0 Å². The minimum atomic E-state index is -0.245. The quantitative estimate of drug-likeness (QED) is 0.676. The maximum absolute atomic E-state index is 12.9. The van der Waals surface area contributed by atoms with Crippen LogP contribution in [0.15, 0.2) is 36.7 Å². The summed E-state index contributed by atoms with van der Waals surface area (Å²) >= 11 is 5.97. The molecule has 1 aromatic heterocycles. The van der Waals surface area contributed by atoms with Crippen molar-refractivity contribution < 1.29 is 9.53 Å². The Morgan fingerprint density at radius 2 is 1.79 bits per heavy atom. The Morgan fingerprint density at radius 1 is 1.12 bits per heavy atom. The number of ether oxygens (including phenoxy) is 1. The summed E-state index contributed by atoms with van der Waals surface area (Å²) in [5, 5.41) is 9.69. The molecule has 1 amide bonds. The largest absolute Gasteiger partial charge is 0.446 e. The van der Waals surface area contributed by atoms with E-state index in [1.807, 2.05) is 36.9 Å². The molecule has 9 heteroatoms. The summed E-state index contributed by atoms with van der Waals surface area (Å²) in [6.45, 7) is 7.89. The van der Waals surface area contributed by atoms with Crippen molar-refractivity contribution in [3.05, 3.63) is 52.8 Å². The van der Waals surface area contributed by atoms with Gasteiger partial charge in [0.15, 0.2) is 0 Å². The number of piperidine rings is 1. The molecule has 2 atom stereocenters. The molecule has 2 aliphatic heterocycles. The topological polar surface area (TPSA) is 85.6 Å². The molecule has 3 heterocycles. The van der Waals surface area contributed by atoms with Gasteiger partial charge >= 0.3 is 6.09 Å². The van der Waals surface area contributed by atoms with Crippen molar-refractivity contribution >= 4 is 23.6 Å². The van der Waals surface area contributed by atoms with Crippen LogP contribution in [0.5, 0.6) is 0 Å². The average molecular weight is 469 g/mol. The van der Waals surface area contributed by atoms with Gasteiger partial charge in [-0.15, -0.1) is 0 Å². The number of likely N-dealkylation sites (tertiary alicyclic amines) is 1. The molecular weight excluding hydrogens is 440 g/mol. The minimum absolute atomic E-state index is 0.0297. The number of anilines is 1. The van der Waals surface area contributed by atoms with Crippen molar-refractivity contribution in [2.24, 2.45) is 0 Å². The molecule has 174 valence electrons. The van der Waals surface area contributed by atoms with Crippen molar-refractivity contribution in [1.82, 2.24) is 19.8 Å². The Labute approximate surface area is 199 Å². The van der Waals surface area contributed by atoms with Gasteiger partial charge in [-0.25, -0.2) is 14.8 Å². The Morgan fingerprint density at radius 3 is 2.42 bits per heavy atom. The third-order valence-electron chi connectivity index (χ3n) is 6.37. The first kappa shape index (κ1) is 23.3. The first-order valence-electron chi connectivity index (χ1n) is 11.4. The van der Waals surface area contributed by atoms with Gasteiger partial charge < -0.3 is 14.5 Å². The molecule has 0 N–H and O–H groups in total. The predicted octanol–water partition coefficient (Wildman–Crippen LogP) is 3.70. The summed E-state index contributed by atoms with van der Waals surface area (Å²) in [5.74, 6) is 0.578. The standard InChI is InChI=1S/C24H29ClN6O2/c1-17-15-31(18(2)14-30(17)23-27-12-20(11-26)13-28-23)24(32)33-22-7-9-29(10-8-22)16-19-3-5-21(25)6-4-19/h3-6,12-13,17-18,22H,7-10,14-16H2,1-2H3/t17-,18+/m0/s1. The van der Waals surface area contributed by atoms with Gasteiger partial charge in [-0.1, -0.05) is 23.7 Å². The van der Waals surface area contributed by atoms with Crippen LogP contribution in [-0.2, 0) is 11.3 Å². The Hall–Kier alpha value is -2.89. The van der Waals surface area contributed by atoms with E-state index in [0.29, 0.717) is 24.6 Å². The highest BCUT2D eigenvalue weighted by Gasteiger charge is 2.35. The second-order valence-corrected chi connectivity index (χ2v) is 9.31. The van der Waals surface area contributed by atoms with Crippen LogP contribution in [0.2, 0.25) is 5.02 Å². The highest BCUT2D eigenvalue weighted by Crippen LogP contribution is 2.23. The van der Waals surface area contributed by atoms with Crippen LogP contribution < -0.4 is 4.90 Å². The molecule has 2 aliphatic rings. The van der Waals surface area contributed by atoms with Gasteiger partial charge in [0.05, 0.1) is 18.0 Å². The lowest BCUT2D eigenvalue weighted by Crippen LogP contribution is -2.59. The number of halogens is 1. The Bertz CT molecular complexity index is 986. The number of hydrogen-bond donors (Lipinski definition) is 0. The maximum Gasteiger partial charge on any atom is 0.410 e. The van der Waals surface area contributed by atoms with Crippen LogP contribution in [0.4, 0.5) is 10.7 Å². The molecule has 1 aromatic carbocycles. The van der Waals surface area contributed by atoms with Crippen molar-refractivity contribution in [2.75, 3.05) is 31.1 Å². The van der Waals surface area contributed by atoms with Gasteiger partial charge in [0.1, 0.15) is 12.2 Å². The first-order chi connectivity index (χ1) is 15.9. The van der Waals surface area contributed by atoms with Crippen LogP contribution in [-0.4, -0.2) is 70.2 Å². The summed E-state index contributed by atoms with van der Waals surface area (Å²) < 4.78 is 5.89. The summed E-state index contributed by atoms with van der Waals surface area (Å²) in [5.41, 5.74) is 1.67. The van der Waals surface area contributed by atoms with E-state index in [0.717, 1.165) is 37.5 Å². The molecule has 8 nitrogen and oxygen atoms in total. The first-order valence-corrected chi connectivity index (χ1v) is 11.7. The van der Waals surface area contributed by atoms with Crippen molar-refractivity contribution in [1.29, 1.82) is 5.26 Å². The molecule has 0 bridgehead atoms. The zero-order valence-electron chi connectivity index (χ0n) is 19.0. The van der Waals surface area contributed by atoms with Gasteiger partial charge in [0, 0.05) is 49.8 Å². The SMILES string of the molecule is C[C@@H]1CN(c2ncc(C#N)cn2)[C@@H](C)CN1C(=O)OC1CCN(Cc2ccc(Cl)cc2)CC1. The van der Waals surface area contributed by atoms with Crippen LogP contribution in [0, 0.1) is 11.3 Å². The lowest BCUT2D eigenvalue weighted by Gasteiger charge is -2.44. The van der Waals surface area contributed by atoms with Crippen LogP contribution in [0.1, 0.15) is 37.8 Å². The van der Waals surface area contributed by atoms with Crippen molar-refractivity contribution in [3.63, 3.8) is 0 Å². The second kappa shape index (κ2) is 10.4. The van der Waals surface area contributed by atoms with E-state index >= 15 is 0 Å². The number of nitrogens with zero attached hydrogens (tertiary/aromatic N) is 6. The summed E-state index contributed by atoms with van der Waals surface area (Å²) in [4.78, 5) is 27.8. The molecule has 4 rings (SSSR count). The van der Waals surface area contributed by atoms with Crippen LogP contribution in [0.25, 0.3) is 0 Å². The van der Waals surface area contributed by atoms with E-state index in [1.165, 1.54) is 18.0 Å². The average Bonchev–Trinajstić information content (AvgIpc) is 2.83. The third-order valence-corrected chi connectivity index (χ3v) is 6.62. The smallest absolute Gasteiger partial charge is 0.410 e. The number of nitriles is 1. The fourth-order valence-electron chi connectivity index (χ4n) is 4.43. The molecule has 2 aromatic rings. The van der Waals surface area contributed by atoms with Crippen molar-refractivity contribution in [2.45, 2.75) is 51.4 Å². The normalized spacial score (nSPS) is 22.1. The van der Waals surface area contributed by atoms with E-state index in [4.69, 9.17) is 21.6 Å². The lowest BCUT2D eigenvalue weighted by molar-refractivity contribution is 0.0165. The minimum Gasteiger partial charge on any atom is -0.446 e. The molecule has 33 heavy (non-hydrogen) atoms. The molecule has 0 aliphatic carbocycles. The number of piperazine rings is 1. The molecule has 0 saturated carbocycles. The van der Waals surface area contributed by atoms with Crippen molar-refractivity contribution in [3.8, 4) is 6.07 Å². The van der Waals surface area contributed by atoms with Gasteiger partial charge in [0.25, 0.3) is 0 Å². The molecular formula is C24H29ClN6O2. The maximum atomic E-state index is 12.9. The monoisotopic (exact) mass is 468 g/mol. The lowest BCUT2D eigenvalue weighted by atomic mass is 10.1. The van der Waals surface area contributed by atoms with E-state index in [1.54, 1.807) is 0 Å². The van der Waals surface area contributed by atoms with Gasteiger partial charge in [0.2, 0.25) is 5.95 Å². The third kappa shape index (κ3) is 5.73.